The molecule has 0 saturated heterocycles. The van der Waals surface area contributed by atoms with Gasteiger partial charge in [0.2, 0.25) is 0 Å². The molecule has 0 heterocycles. The molecule has 1 aliphatic rings. The fraction of sp³-hybridized carbons (Fsp3) is 0.423. The molecule has 27 heavy (non-hydrogen) atoms. The van der Waals surface area contributed by atoms with E-state index in [0.29, 0.717) is 18.3 Å². The van der Waals surface area contributed by atoms with Gasteiger partial charge in [-0.25, -0.2) is 0 Å². The Morgan fingerprint density at radius 2 is 1.78 bits per heavy atom. The molecule has 1 nitrogen and oxygen atoms in total. The number of carbonyl (C=O) groups is 1. The summed E-state index contributed by atoms with van der Waals surface area (Å²) in [6.07, 6.45) is 4.20. The highest BCUT2D eigenvalue weighted by molar-refractivity contribution is 5.97. The lowest BCUT2D eigenvalue weighted by Crippen LogP contribution is -2.24. The van der Waals surface area contributed by atoms with Crippen LogP contribution in [0.5, 0.6) is 0 Å². The van der Waals surface area contributed by atoms with E-state index in [0.717, 1.165) is 29.0 Å². The van der Waals surface area contributed by atoms with Gasteiger partial charge in [0.05, 0.1) is 0 Å². The first-order valence-electron chi connectivity index (χ1n) is 10.2. The number of hydrogen-bond acceptors (Lipinski definition) is 1. The SMILES string of the molecule is C=C(C)c1cc(C(=O)CC2CCC(C)CC2c2ccc(C)cc2)ccc1C. The van der Waals surface area contributed by atoms with Crippen molar-refractivity contribution in [1.29, 1.82) is 0 Å². The smallest absolute Gasteiger partial charge is 0.163 e. The zero-order valence-corrected chi connectivity index (χ0v) is 17.2. The molecule has 142 valence electrons. The van der Waals surface area contributed by atoms with E-state index in [1.807, 2.05) is 19.1 Å². The quantitative estimate of drug-likeness (QED) is 0.518. The van der Waals surface area contributed by atoms with E-state index >= 15 is 0 Å². The third-order valence-corrected chi connectivity index (χ3v) is 6.23. The minimum atomic E-state index is 0.272. The molecular formula is C26H32O. The number of Topliss-reactive ketones (excluding diaryl/α,β-unsaturated/α-hetero) is 1. The van der Waals surface area contributed by atoms with Crippen LogP contribution in [0.3, 0.4) is 0 Å². The molecule has 0 aliphatic heterocycles. The Balaban J connectivity index is 1.81. The van der Waals surface area contributed by atoms with Gasteiger partial charge in [-0.2, -0.15) is 0 Å². The van der Waals surface area contributed by atoms with Crippen molar-refractivity contribution in [1.82, 2.24) is 0 Å². The van der Waals surface area contributed by atoms with E-state index < -0.39 is 0 Å². The third-order valence-electron chi connectivity index (χ3n) is 6.23. The number of benzene rings is 2. The Bertz CT molecular complexity index is 828. The molecule has 1 heteroatoms. The molecule has 3 rings (SSSR count). The normalized spacial score (nSPS) is 22.4. The second kappa shape index (κ2) is 8.25. The van der Waals surface area contributed by atoms with Crippen LogP contribution in [0.25, 0.3) is 5.57 Å². The van der Waals surface area contributed by atoms with E-state index in [9.17, 15) is 4.79 Å². The van der Waals surface area contributed by atoms with E-state index in [1.54, 1.807) is 0 Å². The summed E-state index contributed by atoms with van der Waals surface area (Å²) < 4.78 is 0. The van der Waals surface area contributed by atoms with Gasteiger partial charge in [0.15, 0.2) is 5.78 Å². The first-order valence-corrected chi connectivity index (χ1v) is 10.2. The van der Waals surface area contributed by atoms with E-state index in [1.165, 1.54) is 29.5 Å². The van der Waals surface area contributed by atoms with Crippen molar-refractivity contribution < 1.29 is 4.79 Å². The maximum Gasteiger partial charge on any atom is 0.163 e. The first kappa shape index (κ1) is 19.6. The Labute approximate surface area is 164 Å². The number of carbonyl (C=O) groups excluding carboxylic acids is 1. The van der Waals surface area contributed by atoms with Crippen molar-refractivity contribution >= 4 is 11.4 Å². The Morgan fingerprint density at radius 3 is 2.44 bits per heavy atom. The molecule has 0 bridgehead atoms. The van der Waals surface area contributed by atoms with Gasteiger partial charge < -0.3 is 0 Å². The Morgan fingerprint density at radius 1 is 1.07 bits per heavy atom. The lowest BCUT2D eigenvalue weighted by atomic mass is 9.69. The molecule has 1 saturated carbocycles. The Kier molecular flexibility index (Phi) is 5.99. The van der Waals surface area contributed by atoms with Crippen molar-refractivity contribution in [2.45, 2.75) is 59.3 Å². The third kappa shape index (κ3) is 4.58. The Hall–Kier alpha value is -2.15. The van der Waals surface area contributed by atoms with Gasteiger partial charge in [-0.1, -0.05) is 67.5 Å². The molecule has 0 N–H and O–H groups in total. The van der Waals surface area contributed by atoms with E-state index in [2.05, 4.69) is 57.7 Å². The van der Waals surface area contributed by atoms with Crippen molar-refractivity contribution in [2.24, 2.45) is 11.8 Å². The van der Waals surface area contributed by atoms with E-state index in [4.69, 9.17) is 0 Å². The van der Waals surface area contributed by atoms with Crippen LogP contribution in [0, 0.1) is 25.7 Å². The number of hydrogen-bond donors (Lipinski definition) is 0. The standard InChI is InChI=1S/C26H32O/c1-17(2)24-15-23(13-9-20(24)5)26(27)16-22-12-8-19(4)14-25(22)21-10-6-18(3)7-11-21/h6-7,9-11,13,15,19,22,25H,1,8,12,14,16H2,2-5H3. The molecule has 2 aromatic rings. The van der Waals surface area contributed by atoms with Crippen LogP contribution in [-0.2, 0) is 0 Å². The van der Waals surface area contributed by atoms with Gasteiger partial charge in [-0.15, -0.1) is 0 Å². The highest BCUT2D eigenvalue weighted by Crippen LogP contribution is 2.42. The summed E-state index contributed by atoms with van der Waals surface area (Å²) in [4.78, 5) is 13.1. The highest BCUT2D eigenvalue weighted by atomic mass is 16.1. The average Bonchev–Trinajstić information content (AvgIpc) is 2.64. The molecule has 0 aromatic heterocycles. The van der Waals surface area contributed by atoms with Crippen LogP contribution >= 0.6 is 0 Å². The second-order valence-corrected chi connectivity index (χ2v) is 8.63. The molecule has 3 unspecified atom stereocenters. The molecule has 2 aromatic carbocycles. The van der Waals surface area contributed by atoms with Crippen LogP contribution in [0.2, 0.25) is 0 Å². The maximum atomic E-state index is 13.1. The summed E-state index contributed by atoms with van der Waals surface area (Å²) in [5, 5.41) is 0. The van der Waals surface area contributed by atoms with Crippen molar-refractivity contribution in [3.05, 3.63) is 76.9 Å². The van der Waals surface area contributed by atoms with Gasteiger partial charge in [0, 0.05) is 12.0 Å². The molecule has 0 radical (unpaired) electrons. The van der Waals surface area contributed by atoms with Gasteiger partial charge in [0.1, 0.15) is 0 Å². The molecule has 0 amide bonds. The van der Waals surface area contributed by atoms with Crippen molar-refractivity contribution in [3.63, 3.8) is 0 Å². The molecule has 0 spiro atoms. The van der Waals surface area contributed by atoms with Gasteiger partial charge in [-0.3, -0.25) is 4.79 Å². The lowest BCUT2D eigenvalue weighted by Gasteiger charge is -2.35. The topological polar surface area (TPSA) is 17.1 Å². The number of ketones is 1. The van der Waals surface area contributed by atoms with Crippen molar-refractivity contribution in [2.75, 3.05) is 0 Å². The fourth-order valence-corrected chi connectivity index (χ4v) is 4.52. The van der Waals surface area contributed by atoms with Crippen LogP contribution < -0.4 is 0 Å². The number of allylic oxidation sites excluding steroid dienone is 1. The van der Waals surface area contributed by atoms with Gasteiger partial charge in [-0.05, 0) is 74.1 Å². The largest absolute Gasteiger partial charge is 0.294 e. The first-order chi connectivity index (χ1) is 12.8. The lowest BCUT2D eigenvalue weighted by molar-refractivity contribution is 0.0932. The predicted octanol–water partition coefficient (Wildman–Crippen LogP) is 7.13. The summed E-state index contributed by atoms with van der Waals surface area (Å²) in [7, 11) is 0. The molecule has 1 fully saturated rings. The summed E-state index contributed by atoms with van der Waals surface area (Å²) in [6.45, 7) is 12.6. The fourth-order valence-electron chi connectivity index (χ4n) is 4.52. The zero-order valence-electron chi connectivity index (χ0n) is 17.2. The molecular weight excluding hydrogens is 328 g/mol. The number of aryl methyl sites for hydroxylation is 2. The predicted molar refractivity (Wildman–Crippen MR) is 115 cm³/mol. The summed E-state index contributed by atoms with van der Waals surface area (Å²) in [5.41, 5.74) is 6.83. The minimum absolute atomic E-state index is 0.272. The van der Waals surface area contributed by atoms with Crippen LogP contribution in [0.4, 0.5) is 0 Å². The van der Waals surface area contributed by atoms with Gasteiger partial charge >= 0.3 is 0 Å². The van der Waals surface area contributed by atoms with Crippen LogP contribution in [-0.4, -0.2) is 5.78 Å². The second-order valence-electron chi connectivity index (χ2n) is 8.63. The zero-order chi connectivity index (χ0) is 19.6. The highest BCUT2D eigenvalue weighted by Gasteiger charge is 2.31. The summed E-state index contributed by atoms with van der Waals surface area (Å²) in [6, 6.07) is 15.0. The van der Waals surface area contributed by atoms with Gasteiger partial charge in [0.25, 0.3) is 0 Å². The van der Waals surface area contributed by atoms with E-state index in [-0.39, 0.29) is 5.78 Å². The monoisotopic (exact) mass is 360 g/mol. The molecule has 1 aliphatic carbocycles. The average molecular weight is 361 g/mol. The minimum Gasteiger partial charge on any atom is -0.294 e. The number of rotatable bonds is 5. The van der Waals surface area contributed by atoms with Crippen LogP contribution in [0.1, 0.15) is 78.1 Å². The van der Waals surface area contributed by atoms with Crippen molar-refractivity contribution in [3.8, 4) is 0 Å². The maximum absolute atomic E-state index is 13.1. The summed E-state index contributed by atoms with van der Waals surface area (Å²) >= 11 is 0. The molecule has 3 atom stereocenters. The van der Waals surface area contributed by atoms with Crippen LogP contribution in [0.15, 0.2) is 49.0 Å². The summed E-state index contributed by atoms with van der Waals surface area (Å²) in [5.74, 6) is 1.93.